The second kappa shape index (κ2) is 7.38. The van der Waals surface area contributed by atoms with Crippen LogP contribution in [0, 0.1) is 0 Å². The normalized spacial score (nSPS) is 11.0. The maximum atomic E-state index is 11.8. The van der Waals surface area contributed by atoms with Crippen molar-refractivity contribution in [2.24, 2.45) is 0 Å². The molecule has 0 aliphatic rings. The van der Waals surface area contributed by atoms with Gasteiger partial charge in [-0.25, -0.2) is 0 Å². The summed E-state index contributed by atoms with van der Waals surface area (Å²) in [6, 6.07) is 5.78. The summed E-state index contributed by atoms with van der Waals surface area (Å²) in [4.78, 5) is 11.8. The molecule has 8 nitrogen and oxygen atoms in total. The number of hydrogen-bond donors (Lipinski definition) is 2. The van der Waals surface area contributed by atoms with Gasteiger partial charge < -0.3 is 11.1 Å². The molecule has 120 valence electrons. The van der Waals surface area contributed by atoms with Crippen molar-refractivity contribution in [3.63, 3.8) is 0 Å². The topological polar surface area (TPSA) is 111 Å². The molecular weight excluding hydrogens is 334 g/mol. The number of aromatic nitrogens is 5. The summed E-state index contributed by atoms with van der Waals surface area (Å²) in [6.45, 7) is 0.597. The quantitative estimate of drug-likeness (QED) is 0.483. The third-order valence-corrected chi connectivity index (χ3v) is 4.92. The molecule has 3 N–H and O–H groups in total. The second-order valence-electron chi connectivity index (χ2n) is 4.69. The number of nitrogens with one attached hydrogen (secondary N) is 1. The molecule has 0 radical (unpaired) electrons. The summed E-state index contributed by atoms with van der Waals surface area (Å²) in [5.41, 5.74) is 6.32. The molecule has 10 heteroatoms. The number of rotatable bonds is 7. The summed E-state index contributed by atoms with van der Waals surface area (Å²) in [6.07, 6.45) is 3.50. The van der Waals surface area contributed by atoms with E-state index < -0.39 is 0 Å². The molecule has 3 aromatic rings. The fraction of sp³-hybridized carbons (Fsp3) is 0.308. The molecule has 0 saturated heterocycles. The molecule has 0 fully saturated rings. The average molecular weight is 349 g/mol. The number of hydrogen-bond acceptors (Lipinski definition) is 8. The van der Waals surface area contributed by atoms with Crippen molar-refractivity contribution in [3.8, 4) is 0 Å². The van der Waals surface area contributed by atoms with E-state index in [1.165, 1.54) is 23.1 Å². The fourth-order valence-electron chi connectivity index (χ4n) is 1.99. The highest BCUT2D eigenvalue weighted by atomic mass is 32.2. The van der Waals surface area contributed by atoms with Crippen molar-refractivity contribution in [2.45, 2.75) is 17.2 Å². The minimum atomic E-state index is -0.0325. The summed E-state index contributed by atoms with van der Waals surface area (Å²) in [5.74, 6) is 1.17. The number of thioether (sulfide) groups is 1. The molecule has 0 unspecified atom stereocenters. The first-order valence-electron chi connectivity index (χ1n) is 6.99. The molecular formula is C13H15N7OS2. The maximum Gasteiger partial charge on any atom is 0.230 e. The van der Waals surface area contributed by atoms with E-state index in [1.54, 1.807) is 0 Å². The van der Waals surface area contributed by atoms with Crippen molar-refractivity contribution >= 4 is 39.8 Å². The van der Waals surface area contributed by atoms with Gasteiger partial charge in [-0.2, -0.15) is 0 Å². The van der Waals surface area contributed by atoms with Gasteiger partial charge in [0, 0.05) is 19.2 Å². The molecule has 0 aliphatic heterocycles. The lowest BCUT2D eigenvalue weighted by atomic mass is 10.3. The van der Waals surface area contributed by atoms with Crippen LogP contribution in [0.3, 0.4) is 0 Å². The number of nitrogen functional groups attached to an aromatic ring is 1. The van der Waals surface area contributed by atoms with E-state index in [4.69, 9.17) is 5.73 Å². The molecule has 0 aromatic carbocycles. The number of amides is 1. The Morgan fingerprint density at radius 1 is 1.30 bits per heavy atom. The minimum absolute atomic E-state index is 0.0325. The van der Waals surface area contributed by atoms with Crippen molar-refractivity contribution in [3.05, 3.63) is 30.2 Å². The van der Waals surface area contributed by atoms with Gasteiger partial charge in [0.05, 0.1) is 5.75 Å². The summed E-state index contributed by atoms with van der Waals surface area (Å²) < 4.78 is 2.66. The standard InChI is InChI=1S/C13H15N7OS2/c14-12-18-19-13(23-12)22-8-11(21)15-6-3-5-10-17-16-9-4-1-2-7-20(9)10/h1-2,4,7H,3,5-6,8H2,(H2,14,18)(H,15,21). The third kappa shape index (κ3) is 4.17. The Bertz CT molecular complexity index is 800. The largest absolute Gasteiger partial charge is 0.374 e. The molecule has 0 spiro atoms. The Morgan fingerprint density at radius 3 is 3.04 bits per heavy atom. The molecule has 0 bridgehead atoms. The zero-order chi connectivity index (χ0) is 16.1. The summed E-state index contributed by atoms with van der Waals surface area (Å²) in [7, 11) is 0. The molecule has 3 aromatic heterocycles. The van der Waals surface area contributed by atoms with Crippen molar-refractivity contribution in [2.75, 3.05) is 18.0 Å². The number of fused-ring (bicyclic) bond motifs is 1. The van der Waals surface area contributed by atoms with E-state index in [1.807, 2.05) is 28.8 Å². The van der Waals surface area contributed by atoms with Crippen LogP contribution in [0.2, 0.25) is 0 Å². The van der Waals surface area contributed by atoms with Crippen LogP contribution < -0.4 is 11.1 Å². The van der Waals surface area contributed by atoms with E-state index >= 15 is 0 Å². The van der Waals surface area contributed by atoms with Gasteiger partial charge in [-0.15, -0.1) is 20.4 Å². The van der Waals surface area contributed by atoms with Crippen LogP contribution in [0.4, 0.5) is 5.13 Å². The van der Waals surface area contributed by atoms with Gasteiger partial charge >= 0.3 is 0 Å². The summed E-state index contributed by atoms with van der Waals surface area (Å²) >= 11 is 2.61. The first-order valence-corrected chi connectivity index (χ1v) is 8.80. The lowest BCUT2D eigenvalue weighted by Crippen LogP contribution is -2.26. The second-order valence-corrected chi connectivity index (χ2v) is 6.93. The van der Waals surface area contributed by atoms with Crippen LogP contribution in [0.1, 0.15) is 12.2 Å². The van der Waals surface area contributed by atoms with Gasteiger partial charge in [0.1, 0.15) is 5.82 Å². The van der Waals surface area contributed by atoms with Crippen LogP contribution in [-0.4, -0.2) is 43.0 Å². The number of pyridine rings is 1. The Hall–Kier alpha value is -2.20. The molecule has 3 rings (SSSR count). The highest BCUT2D eigenvalue weighted by molar-refractivity contribution is 8.01. The van der Waals surface area contributed by atoms with Crippen LogP contribution in [0.5, 0.6) is 0 Å². The van der Waals surface area contributed by atoms with E-state index in [-0.39, 0.29) is 5.91 Å². The Balaban J connectivity index is 1.38. The SMILES string of the molecule is Nc1nnc(SCC(=O)NCCCc2nnc3ccccn23)s1. The first kappa shape index (κ1) is 15.7. The molecule has 23 heavy (non-hydrogen) atoms. The van der Waals surface area contributed by atoms with Gasteiger partial charge in [-0.05, 0) is 18.6 Å². The first-order chi connectivity index (χ1) is 11.2. The van der Waals surface area contributed by atoms with Crippen molar-refractivity contribution in [1.82, 2.24) is 30.1 Å². The Morgan fingerprint density at radius 2 is 2.22 bits per heavy atom. The maximum absolute atomic E-state index is 11.8. The summed E-state index contributed by atoms with van der Waals surface area (Å²) in [5, 5.41) is 19.1. The van der Waals surface area contributed by atoms with Crippen molar-refractivity contribution in [1.29, 1.82) is 0 Å². The Labute approximate surface area is 140 Å². The van der Waals surface area contributed by atoms with Crippen LogP contribution in [0.25, 0.3) is 5.65 Å². The van der Waals surface area contributed by atoms with E-state index in [2.05, 4.69) is 25.7 Å². The molecule has 3 heterocycles. The number of aryl methyl sites for hydroxylation is 1. The van der Waals surface area contributed by atoms with Crippen LogP contribution >= 0.6 is 23.1 Å². The molecule has 0 aliphatic carbocycles. The zero-order valence-corrected chi connectivity index (χ0v) is 13.8. The monoisotopic (exact) mass is 349 g/mol. The van der Waals surface area contributed by atoms with Gasteiger partial charge in [0.2, 0.25) is 11.0 Å². The number of carbonyl (C=O) groups excluding carboxylic acids is 1. The predicted molar refractivity (Wildman–Crippen MR) is 89.4 cm³/mol. The predicted octanol–water partition coefficient (Wildman–Crippen LogP) is 1.00. The highest BCUT2D eigenvalue weighted by Crippen LogP contribution is 2.22. The van der Waals surface area contributed by atoms with Crippen molar-refractivity contribution < 1.29 is 4.79 Å². The fourth-order valence-corrected chi connectivity index (χ4v) is 3.46. The third-order valence-electron chi connectivity index (χ3n) is 3.03. The number of nitrogens with zero attached hydrogens (tertiary/aromatic N) is 5. The van der Waals surface area contributed by atoms with E-state index in [0.717, 1.165) is 24.3 Å². The number of carbonyl (C=O) groups is 1. The molecule has 0 atom stereocenters. The van der Waals surface area contributed by atoms with Gasteiger partial charge in [0.25, 0.3) is 0 Å². The minimum Gasteiger partial charge on any atom is -0.374 e. The number of nitrogens with two attached hydrogens (primary N) is 1. The van der Waals surface area contributed by atoms with E-state index in [9.17, 15) is 4.79 Å². The van der Waals surface area contributed by atoms with Gasteiger partial charge in [-0.3, -0.25) is 9.20 Å². The lowest BCUT2D eigenvalue weighted by molar-refractivity contribution is -0.118. The van der Waals surface area contributed by atoms with Crippen LogP contribution in [0.15, 0.2) is 28.7 Å². The average Bonchev–Trinajstić information content (AvgIpc) is 3.16. The lowest BCUT2D eigenvalue weighted by Gasteiger charge is -2.03. The Kier molecular flexibility index (Phi) is 5.03. The highest BCUT2D eigenvalue weighted by Gasteiger charge is 2.07. The smallest absolute Gasteiger partial charge is 0.230 e. The van der Waals surface area contributed by atoms with Gasteiger partial charge in [-0.1, -0.05) is 29.2 Å². The molecule has 0 saturated carbocycles. The van der Waals surface area contributed by atoms with Crippen LogP contribution in [-0.2, 0) is 11.2 Å². The molecule has 1 amide bonds. The van der Waals surface area contributed by atoms with E-state index in [0.29, 0.717) is 21.8 Å². The zero-order valence-electron chi connectivity index (χ0n) is 12.2. The number of anilines is 1. The van der Waals surface area contributed by atoms with Gasteiger partial charge in [0.15, 0.2) is 9.99 Å².